The lowest BCUT2D eigenvalue weighted by molar-refractivity contribution is 0.669. The molecule has 0 spiro atoms. The number of hydrogen-bond acceptors (Lipinski definition) is 3. The van der Waals surface area contributed by atoms with Crippen molar-refractivity contribution in [3.63, 3.8) is 0 Å². The minimum Gasteiger partial charge on any atom is -0.456 e. The Morgan fingerprint density at radius 3 is 1.83 bits per heavy atom. The van der Waals surface area contributed by atoms with Crippen LogP contribution in [0.2, 0.25) is 0 Å². The third-order valence-electron chi connectivity index (χ3n) is 10.6. The molecule has 0 amide bonds. The Balaban J connectivity index is 1.16. The fourth-order valence-electron chi connectivity index (χ4n) is 8.22. The molecular weight excluding hydrogens is 647 g/mol. The summed E-state index contributed by atoms with van der Waals surface area (Å²) < 4.78 is 13.2. The monoisotopic (exact) mass is 677 g/mol. The van der Waals surface area contributed by atoms with Gasteiger partial charge in [0.1, 0.15) is 16.7 Å². The van der Waals surface area contributed by atoms with E-state index in [1.54, 1.807) is 0 Å². The summed E-state index contributed by atoms with van der Waals surface area (Å²) in [5.74, 6) is 0. The highest BCUT2D eigenvalue weighted by Crippen LogP contribution is 2.48. The van der Waals surface area contributed by atoms with Crippen LogP contribution in [0, 0.1) is 0 Å². The minimum atomic E-state index is 0.847. The molecular formula is C50H31NO2. The zero-order valence-corrected chi connectivity index (χ0v) is 28.7. The lowest BCUT2D eigenvalue weighted by atomic mass is 9.95. The first-order valence-electron chi connectivity index (χ1n) is 18.0. The van der Waals surface area contributed by atoms with Crippen molar-refractivity contribution in [2.24, 2.45) is 0 Å². The second-order valence-electron chi connectivity index (χ2n) is 13.7. The highest BCUT2D eigenvalue weighted by atomic mass is 16.3. The highest BCUT2D eigenvalue weighted by molar-refractivity contribution is 6.17. The molecule has 0 atom stereocenters. The van der Waals surface area contributed by atoms with Crippen molar-refractivity contribution in [2.75, 3.05) is 4.90 Å². The van der Waals surface area contributed by atoms with Gasteiger partial charge < -0.3 is 13.7 Å². The lowest BCUT2D eigenvalue weighted by Crippen LogP contribution is -2.11. The van der Waals surface area contributed by atoms with Gasteiger partial charge in [-0.25, -0.2) is 0 Å². The van der Waals surface area contributed by atoms with Crippen LogP contribution in [0.15, 0.2) is 197 Å². The fourth-order valence-corrected chi connectivity index (χ4v) is 8.22. The van der Waals surface area contributed by atoms with E-state index in [2.05, 4.69) is 181 Å². The van der Waals surface area contributed by atoms with Gasteiger partial charge in [0.2, 0.25) is 0 Å². The Morgan fingerprint density at radius 2 is 0.943 bits per heavy atom. The lowest BCUT2D eigenvalue weighted by Gasteiger charge is -2.28. The van der Waals surface area contributed by atoms with Crippen LogP contribution >= 0.6 is 0 Å². The van der Waals surface area contributed by atoms with Crippen LogP contribution in [-0.4, -0.2) is 0 Å². The molecule has 248 valence electrons. The van der Waals surface area contributed by atoms with Crippen LogP contribution in [-0.2, 0) is 0 Å². The van der Waals surface area contributed by atoms with E-state index in [4.69, 9.17) is 8.83 Å². The maximum absolute atomic E-state index is 6.69. The molecule has 53 heavy (non-hydrogen) atoms. The summed E-state index contributed by atoms with van der Waals surface area (Å²) in [5.41, 5.74) is 11.1. The molecule has 0 aliphatic rings. The molecule has 9 aromatic carbocycles. The average molecular weight is 678 g/mol. The average Bonchev–Trinajstić information content (AvgIpc) is 3.79. The Labute approximate surface area is 305 Å². The van der Waals surface area contributed by atoms with Crippen LogP contribution in [0.5, 0.6) is 0 Å². The first-order chi connectivity index (χ1) is 26.3. The van der Waals surface area contributed by atoms with Gasteiger partial charge in [0, 0.05) is 32.8 Å². The van der Waals surface area contributed by atoms with Crippen LogP contribution in [0.25, 0.3) is 87.7 Å². The van der Waals surface area contributed by atoms with Crippen molar-refractivity contribution in [2.45, 2.75) is 0 Å². The second kappa shape index (κ2) is 11.7. The maximum Gasteiger partial charge on any atom is 0.159 e. The van der Waals surface area contributed by atoms with Crippen LogP contribution in [0.1, 0.15) is 0 Å². The van der Waals surface area contributed by atoms with Gasteiger partial charge >= 0.3 is 0 Å². The standard InChI is InChI=1S/C50H31NO2/c1-2-14-35-31-48-43(30-34(35)13-1)49-41(20-11-25-47(49)52-48)39-17-5-7-22-44(39)51(45-23-10-21-42-40-18-6-8-24-46(40)53-50(42)45)36-28-26-33(27-29-36)38-19-9-15-32-12-3-4-16-37(32)38/h1-31H. The van der Waals surface area contributed by atoms with E-state index in [0.29, 0.717) is 0 Å². The molecule has 0 saturated carbocycles. The van der Waals surface area contributed by atoms with Gasteiger partial charge in [-0.1, -0.05) is 140 Å². The van der Waals surface area contributed by atoms with E-state index >= 15 is 0 Å². The van der Waals surface area contributed by atoms with Crippen molar-refractivity contribution < 1.29 is 8.83 Å². The van der Waals surface area contributed by atoms with Crippen LogP contribution in [0.3, 0.4) is 0 Å². The van der Waals surface area contributed by atoms with Gasteiger partial charge in [-0.3, -0.25) is 0 Å². The summed E-state index contributed by atoms with van der Waals surface area (Å²) in [6.07, 6.45) is 0. The zero-order chi connectivity index (χ0) is 34.9. The number of fused-ring (bicyclic) bond motifs is 8. The molecule has 0 saturated heterocycles. The number of para-hydroxylation sites is 3. The molecule has 0 unspecified atom stereocenters. The van der Waals surface area contributed by atoms with Gasteiger partial charge in [-0.15, -0.1) is 0 Å². The predicted molar refractivity (Wildman–Crippen MR) is 222 cm³/mol. The topological polar surface area (TPSA) is 29.5 Å². The number of benzene rings is 9. The summed E-state index contributed by atoms with van der Waals surface area (Å²) in [6, 6.07) is 66.7. The normalized spacial score (nSPS) is 11.8. The Hall–Kier alpha value is -7.10. The van der Waals surface area contributed by atoms with Crippen LogP contribution in [0.4, 0.5) is 17.1 Å². The van der Waals surface area contributed by atoms with Crippen LogP contribution < -0.4 is 4.90 Å². The Kier molecular flexibility index (Phi) is 6.55. The summed E-state index contributed by atoms with van der Waals surface area (Å²) in [4.78, 5) is 2.35. The first kappa shape index (κ1) is 29.6. The fraction of sp³-hybridized carbons (Fsp3) is 0. The van der Waals surface area contributed by atoms with Crippen molar-refractivity contribution in [1.82, 2.24) is 0 Å². The third-order valence-corrected chi connectivity index (χ3v) is 10.6. The van der Waals surface area contributed by atoms with Crippen molar-refractivity contribution in [3.05, 3.63) is 188 Å². The van der Waals surface area contributed by atoms with Gasteiger partial charge in [-0.2, -0.15) is 0 Å². The van der Waals surface area contributed by atoms with Gasteiger partial charge in [0.05, 0.1) is 11.4 Å². The van der Waals surface area contributed by atoms with E-state index in [0.717, 1.165) is 77.5 Å². The van der Waals surface area contributed by atoms with E-state index in [-0.39, 0.29) is 0 Å². The maximum atomic E-state index is 6.69. The first-order valence-corrected chi connectivity index (χ1v) is 18.0. The highest BCUT2D eigenvalue weighted by Gasteiger charge is 2.24. The molecule has 3 heteroatoms. The van der Waals surface area contributed by atoms with E-state index in [1.165, 1.54) is 27.3 Å². The predicted octanol–water partition coefficient (Wildman–Crippen LogP) is 14.6. The Morgan fingerprint density at radius 1 is 0.340 bits per heavy atom. The third kappa shape index (κ3) is 4.68. The van der Waals surface area contributed by atoms with E-state index < -0.39 is 0 Å². The molecule has 0 aliphatic heterocycles. The molecule has 11 aromatic rings. The number of anilines is 3. The molecule has 11 rings (SSSR count). The number of hydrogen-bond donors (Lipinski definition) is 0. The summed E-state index contributed by atoms with van der Waals surface area (Å²) in [5, 5.41) is 9.23. The molecule has 0 bridgehead atoms. The van der Waals surface area contributed by atoms with Crippen molar-refractivity contribution >= 4 is 82.5 Å². The van der Waals surface area contributed by atoms with E-state index in [9.17, 15) is 0 Å². The molecule has 3 nitrogen and oxygen atoms in total. The molecule has 0 radical (unpaired) electrons. The van der Waals surface area contributed by atoms with Gasteiger partial charge in [0.25, 0.3) is 0 Å². The number of furan rings is 2. The molecule has 2 heterocycles. The summed E-state index contributed by atoms with van der Waals surface area (Å²) in [6.45, 7) is 0. The largest absolute Gasteiger partial charge is 0.456 e. The molecule has 0 N–H and O–H groups in total. The van der Waals surface area contributed by atoms with E-state index in [1.807, 2.05) is 12.1 Å². The quantitative estimate of drug-likeness (QED) is 0.182. The SMILES string of the molecule is c1ccc(N(c2ccc(-c3cccc4ccccc34)cc2)c2cccc3c2oc2ccccc23)c(-c2cccc3oc4cc5ccccc5cc4c23)c1. The Bertz CT molecular complexity index is 3180. The minimum absolute atomic E-state index is 0.847. The van der Waals surface area contributed by atoms with Crippen molar-refractivity contribution in [3.8, 4) is 22.3 Å². The van der Waals surface area contributed by atoms with Gasteiger partial charge in [-0.05, 0) is 86.8 Å². The molecule has 0 aliphatic carbocycles. The zero-order valence-electron chi connectivity index (χ0n) is 28.7. The number of nitrogens with zero attached hydrogens (tertiary/aromatic N) is 1. The summed E-state index contributed by atoms with van der Waals surface area (Å²) in [7, 11) is 0. The summed E-state index contributed by atoms with van der Waals surface area (Å²) >= 11 is 0. The number of rotatable bonds is 5. The van der Waals surface area contributed by atoms with Crippen molar-refractivity contribution in [1.29, 1.82) is 0 Å². The second-order valence-corrected chi connectivity index (χ2v) is 13.7. The smallest absolute Gasteiger partial charge is 0.159 e. The molecule has 2 aromatic heterocycles. The van der Waals surface area contributed by atoms with Gasteiger partial charge in [0.15, 0.2) is 5.58 Å². The molecule has 0 fully saturated rings.